The van der Waals surface area contributed by atoms with Gasteiger partial charge >= 0.3 is 5.69 Å². The lowest BCUT2D eigenvalue weighted by Crippen LogP contribution is -2.49. The summed E-state index contributed by atoms with van der Waals surface area (Å²) in [5.41, 5.74) is 2.72. The van der Waals surface area contributed by atoms with Crippen LogP contribution in [0.15, 0.2) is 47.3 Å². The van der Waals surface area contributed by atoms with Gasteiger partial charge in [0.15, 0.2) is 0 Å². The molecule has 27 heavy (non-hydrogen) atoms. The minimum Gasteiger partial charge on any atom is -0.369 e. The average Bonchev–Trinajstić information content (AvgIpc) is 3.03. The van der Waals surface area contributed by atoms with E-state index < -0.39 is 10.0 Å². The lowest BCUT2D eigenvalue weighted by atomic mass is 10.2. The first kappa shape index (κ1) is 17.7. The number of rotatable bonds is 4. The maximum absolute atomic E-state index is 13.0. The van der Waals surface area contributed by atoms with Crippen molar-refractivity contribution in [3.63, 3.8) is 0 Å². The number of aromatic amines is 2. The van der Waals surface area contributed by atoms with Crippen molar-refractivity contribution in [2.45, 2.75) is 5.75 Å². The monoisotopic (exact) mass is 390 g/mol. The predicted octanol–water partition coefficient (Wildman–Crippen LogP) is 1.65. The Bertz CT molecular complexity index is 1110. The summed E-state index contributed by atoms with van der Waals surface area (Å²) in [7, 11) is -3.45. The Morgan fingerprint density at radius 2 is 1.59 bits per heavy atom. The van der Waals surface area contributed by atoms with Crippen molar-refractivity contribution in [3.8, 4) is 0 Å². The van der Waals surface area contributed by atoms with Gasteiger partial charge in [-0.3, -0.25) is 0 Å². The normalized spacial score (nSPS) is 16.1. The number of anilines is 1. The molecule has 1 aromatic heterocycles. The van der Waals surface area contributed by atoms with Crippen LogP contribution >= 0.6 is 0 Å². The molecule has 1 aliphatic rings. The van der Waals surface area contributed by atoms with Gasteiger partial charge in [-0.2, -0.15) is 4.31 Å². The minimum absolute atomic E-state index is 0.135. The zero-order chi connectivity index (χ0) is 19.0. The van der Waals surface area contributed by atoms with Gasteiger partial charge in [-0.25, -0.2) is 17.6 Å². The molecule has 1 aliphatic heterocycles. The van der Waals surface area contributed by atoms with Crippen LogP contribution in [0.4, 0.5) is 10.1 Å². The van der Waals surface area contributed by atoms with Crippen LogP contribution in [0.1, 0.15) is 5.56 Å². The molecule has 0 unspecified atom stereocenters. The second-order valence-corrected chi connectivity index (χ2v) is 8.55. The molecule has 0 aliphatic carbocycles. The second kappa shape index (κ2) is 6.82. The maximum Gasteiger partial charge on any atom is 0.323 e. The van der Waals surface area contributed by atoms with E-state index in [1.54, 1.807) is 0 Å². The van der Waals surface area contributed by atoms with Crippen molar-refractivity contribution < 1.29 is 12.8 Å². The molecule has 2 N–H and O–H groups in total. The molecule has 0 spiro atoms. The topological polar surface area (TPSA) is 89.3 Å². The van der Waals surface area contributed by atoms with Crippen LogP contribution in [0.25, 0.3) is 11.0 Å². The van der Waals surface area contributed by atoms with Crippen molar-refractivity contribution in [1.82, 2.24) is 14.3 Å². The molecule has 0 amide bonds. The Labute approximate surface area is 155 Å². The summed E-state index contributed by atoms with van der Waals surface area (Å²) in [5.74, 6) is -0.519. The third kappa shape index (κ3) is 3.74. The quantitative estimate of drug-likeness (QED) is 0.709. The van der Waals surface area contributed by atoms with Crippen LogP contribution < -0.4 is 10.6 Å². The van der Waals surface area contributed by atoms with Gasteiger partial charge in [-0.05, 0) is 35.9 Å². The van der Waals surface area contributed by atoms with Crippen LogP contribution in [0.2, 0.25) is 0 Å². The zero-order valence-electron chi connectivity index (χ0n) is 14.5. The number of imidazole rings is 1. The Kier molecular flexibility index (Phi) is 4.48. The van der Waals surface area contributed by atoms with Gasteiger partial charge in [0.1, 0.15) is 5.82 Å². The van der Waals surface area contributed by atoms with Gasteiger partial charge < -0.3 is 14.9 Å². The number of benzene rings is 2. The summed E-state index contributed by atoms with van der Waals surface area (Å²) in [6.45, 7) is 1.88. The lowest BCUT2D eigenvalue weighted by Gasteiger charge is -2.35. The molecule has 4 rings (SSSR count). The number of piperazine rings is 1. The summed E-state index contributed by atoms with van der Waals surface area (Å²) in [5, 5.41) is 0. The number of H-pyrrole nitrogens is 2. The SMILES string of the molecule is O=c1[nH]c2ccc(N3CCN(S(=O)(=O)Cc4ccc(F)cc4)CC3)cc2[nH]1. The number of nitrogens with one attached hydrogen (secondary N) is 2. The highest BCUT2D eigenvalue weighted by Gasteiger charge is 2.27. The Morgan fingerprint density at radius 1 is 0.926 bits per heavy atom. The number of halogens is 1. The smallest absolute Gasteiger partial charge is 0.323 e. The standard InChI is InChI=1S/C18H19FN4O3S/c19-14-3-1-13(2-4-14)12-27(25,26)23-9-7-22(8-10-23)15-5-6-16-17(11-15)21-18(24)20-16/h1-6,11H,7-10,12H2,(H2,20,21,24). The van der Waals surface area contributed by atoms with Gasteiger partial charge in [-0.15, -0.1) is 0 Å². The van der Waals surface area contributed by atoms with Gasteiger partial charge in [0.25, 0.3) is 0 Å². The molecule has 2 aromatic carbocycles. The van der Waals surface area contributed by atoms with E-state index in [-0.39, 0.29) is 17.3 Å². The molecule has 142 valence electrons. The van der Waals surface area contributed by atoms with Crippen molar-refractivity contribution in [1.29, 1.82) is 0 Å². The molecule has 0 radical (unpaired) electrons. The van der Waals surface area contributed by atoms with Gasteiger partial charge in [0.2, 0.25) is 10.0 Å². The van der Waals surface area contributed by atoms with E-state index in [0.717, 1.165) is 16.7 Å². The number of aromatic nitrogens is 2. The fourth-order valence-electron chi connectivity index (χ4n) is 3.32. The molecule has 1 saturated heterocycles. The highest BCUT2D eigenvalue weighted by Crippen LogP contribution is 2.22. The maximum atomic E-state index is 13.0. The largest absolute Gasteiger partial charge is 0.369 e. The Hall–Kier alpha value is -2.65. The van der Waals surface area contributed by atoms with Gasteiger partial charge in [0.05, 0.1) is 16.8 Å². The van der Waals surface area contributed by atoms with Crippen LogP contribution in [-0.2, 0) is 15.8 Å². The van der Waals surface area contributed by atoms with Crippen molar-refractivity contribution >= 4 is 26.7 Å². The summed E-state index contributed by atoms with van der Waals surface area (Å²) in [6, 6.07) is 11.2. The van der Waals surface area contributed by atoms with Crippen LogP contribution in [0, 0.1) is 5.82 Å². The highest BCUT2D eigenvalue weighted by molar-refractivity contribution is 7.88. The van der Waals surface area contributed by atoms with Crippen LogP contribution in [0.3, 0.4) is 0 Å². The number of hydrogen-bond donors (Lipinski definition) is 2. The molecule has 1 fully saturated rings. The van der Waals surface area contributed by atoms with Gasteiger partial charge in [0, 0.05) is 31.9 Å². The molecule has 0 atom stereocenters. The van der Waals surface area contributed by atoms with E-state index in [1.807, 2.05) is 18.2 Å². The predicted molar refractivity (Wildman–Crippen MR) is 102 cm³/mol. The summed E-state index contributed by atoms with van der Waals surface area (Å²) in [6.07, 6.45) is 0. The highest BCUT2D eigenvalue weighted by atomic mass is 32.2. The minimum atomic E-state index is -3.45. The number of sulfonamides is 1. The Balaban J connectivity index is 1.44. The molecule has 9 heteroatoms. The molecule has 0 saturated carbocycles. The third-order valence-corrected chi connectivity index (χ3v) is 6.61. The molecule has 2 heterocycles. The van der Waals surface area contributed by atoms with E-state index >= 15 is 0 Å². The van der Waals surface area contributed by atoms with Crippen molar-refractivity contribution in [3.05, 3.63) is 64.3 Å². The molecular formula is C18H19FN4O3S. The number of fused-ring (bicyclic) bond motifs is 1. The molecule has 3 aromatic rings. The first-order valence-electron chi connectivity index (χ1n) is 8.60. The second-order valence-electron chi connectivity index (χ2n) is 6.58. The third-order valence-electron chi connectivity index (χ3n) is 4.76. The lowest BCUT2D eigenvalue weighted by molar-refractivity contribution is 0.384. The summed E-state index contributed by atoms with van der Waals surface area (Å²) >= 11 is 0. The average molecular weight is 390 g/mol. The fraction of sp³-hybridized carbons (Fsp3) is 0.278. The molecular weight excluding hydrogens is 371 g/mol. The van der Waals surface area contributed by atoms with E-state index in [0.29, 0.717) is 31.7 Å². The summed E-state index contributed by atoms with van der Waals surface area (Å²) in [4.78, 5) is 18.9. The zero-order valence-corrected chi connectivity index (χ0v) is 15.3. The van der Waals surface area contributed by atoms with Crippen LogP contribution in [0.5, 0.6) is 0 Å². The van der Waals surface area contributed by atoms with Crippen LogP contribution in [-0.4, -0.2) is 48.9 Å². The fourth-order valence-corrected chi connectivity index (χ4v) is 4.84. The first-order chi connectivity index (χ1) is 12.9. The van der Waals surface area contributed by atoms with Crippen molar-refractivity contribution in [2.75, 3.05) is 31.1 Å². The van der Waals surface area contributed by atoms with E-state index in [2.05, 4.69) is 14.9 Å². The van der Waals surface area contributed by atoms with E-state index in [1.165, 1.54) is 28.6 Å². The van der Waals surface area contributed by atoms with E-state index in [9.17, 15) is 17.6 Å². The molecule has 0 bridgehead atoms. The number of hydrogen-bond acceptors (Lipinski definition) is 4. The first-order valence-corrected chi connectivity index (χ1v) is 10.2. The Morgan fingerprint density at radius 3 is 2.30 bits per heavy atom. The van der Waals surface area contributed by atoms with E-state index in [4.69, 9.17) is 0 Å². The van der Waals surface area contributed by atoms with Crippen molar-refractivity contribution in [2.24, 2.45) is 0 Å². The summed E-state index contributed by atoms with van der Waals surface area (Å²) < 4.78 is 39.7. The van der Waals surface area contributed by atoms with Gasteiger partial charge in [-0.1, -0.05) is 12.1 Å². The number of nitrogens with zero attached hydrogens (tertiary/aromatic N) is 2. The molecule has 7 nitrogen and oxygen atoms in total.